The largest absolute Gasteiger partial charge is 0.377 e. The minimum atomic E-state index is 0.319. The third kappa shape index (κ3) is 5.44. The molecule has 2 heterocycles. The van der Waals surface area contributed by atoms with Crippen LogP contribution in [-0.2, 0) is 14.3 Å². The number of ether oxygens (including phenoxy) is 2. The Kier molecular flexibility index (Phi) is 6.72. The average Bonchev–Trinajstić information content (AvgIpc) is 3.26. The second-order valence-electron chi connectivity index (χ2n) is 7.29. The highest BCUT2D eigenvalue weighted by atomic mass is 16.5. The molecule has 5 nitrogen and oxygen atoms in total. The quantitative estimate of drug-likeness (QED) is 0.671. The number of amides is 1. The number of rotatable bonds is 7. The highest BCUT2D eigenvalue weighted by Crippen LogP contribution is 2.28. The lowest BCUT2D eigenvalue weighted by Crippen LogP contribution is -2.49. The maximum absolute atomic E-state index is 12.3. The van der Waals surface area contributed by atoms with Crippen molar-refractivity contribution in [3.63, 3.8) is 0 Å². The van der Waals surface area contributed by atoms with E-state index in [9.17, 15) is 4.79 Å². The molecule has 23 heavy (non-hydrogen) atoms. The SMILES string of the molecule is O=C(CC1CCCC1)N1CCN(CCOCC2CCCO2)CC1. The molecule has 2 saturated heterocycles. The van der Waals surface area contributed by atoms with Crippen LogP contribution in [0.25, 0.3) is 0 Å². The summed E-state index contributed by atoms with van der Waals surface area (Å²) in [7, 11) is 0. The van der Waals surface area contributed by atoms with Gasteiger partial charge in [-0.3, -0.25) is 9.69 Å². The molecule has 0 aromatic rings. The van der Waals surface area contributed by atoms with E-state index in [1.165, 1.54) is 32.1 Å². The van der Waals surface area contributed by atoms with Crippen LogP contribution in [0.5, 0.6) is 0 Å². The minimum Gasteiger partial charge on any atom is -0.377 e. The van der Waals surface area contributed by atoms with E-state index in [2.05, 4.69) is 9.80 Å². The molecular formula is C18H32N2O3. The first-order valence-corrected chi connectivity index (χ1v) is 9.51. The van der Waals surface area contributed by atoms with Crippen molar-refractivity contribution in [2.45, 2.75) is 51.0 Å². The maximum atomic E-state index is 12.3. The Morgan fingerprint density at radius 3 is 2.52 bits per heavy atom. The van der Waals surface area contributed by atoms with Crippen molar-refractivity contribution < 1.29 is 14.3 Å². The third-order valence-electron chi connectivity index (χ3n) is 5.54. The van der Waals surface area contributed by atoms with Crippen molar-refractivity contribution in [1.82, 2.24) is 9.80 Å². The molecule has 0 bridgehead atoms. The smallest absolute Gasteiger partial charge is 0.222 e. The Hall–Kier alpha value is -0.650. The lowest BCUT2D eigenvalue weighted by molar-refractivity contribution is -0.134. The lowest BCUT2D eigenvalue weighted by atomic mass is 10.0. The van der Waals surface area contributed by atoms with Gasteiger partial charge >= 0.3 is 0 Å². The van der Waals surface area contributed by atoms with Crippen LogP contribution < -0.4 is 0 Å². The van der Waals surface area contributed by atoms with Crippen LogP contribution in [0.15, 0.2) is 0 Å². The molecule has 0 aromatic carbocycles. The van der Waals surface area contributed by atoms with Crippen molar-refractivity contribution in [1.29, 1.82) is 0 Å². The van der Waals surface area contributed by atoms with Crippen LogP contribution in [-0.4, -0.2) is 74.4 Å². The topological polar surface area (TPSA) is 42.0 Å². The highest BCUT2D eigenvalue weighted by Gasteiger charge is 2.25. The summed E-state index contributed by atoms with van der Waals surface area (Å²) < 4.78 is 11.3. The van der Waals surface area contributed by atoms with E-state index < -0.39 is 0 Å². The van der Waals surface area contributed by atoms with E-state index in [1.54, 1.807) is 0 Å². The van der Waals surface area contributed by atoms with Gasteiger partial charge in [-0.25, -0.2) is 0 Å². The van der Waals surface area contributed by atoms with Gasteiger partial charge in [0.05, 0.1) is 19.3 Å². The Labute approximate surface area is 140 Å². The van der Waals surface area contributed by atoms with Crippen molar-refractivity contribution in [2.75, 3.05) is 52.5 Å². The van der Waals surface area contributed by atoms with Crippen molar-refractivity contribution >= 4 is 5.91 Å². The molecule has 132 valence electrons. The molecule has 1 atom stereocenters. The molecule has 1 saturated carbocycles. The van der Waals surface area contributed by atoms with Crippen LogP contribution in [0.4, 0.5) is 0 Å². The Balaban J connectivity index is 1.25. The normalized spacial score (nSPS) is 27.0. The number of hydrogen-bond donors (Lipinski definition) is 0. The average molecular weight is 324 g/mol. The van der Waals surface area contributed by atoms with Crippen LogP contribution in [0, 0.1) is 5.92 Å². The molecule has 1 unspecified atom stereocenters. The Morgan fingerprint density at radius 1 is 1.04 bits per heavy atom. The summed E-state index contributed by atoms with van der Waals surface area (Å²) in [4.78, 5) is 16.8. The van der Waals surface area contributed by atoms with E-state index in [0.717, 1.165) is 65.4 Å². The van der Waals surface area contributed by atoms with Crippen LogP contribution in [0.1, 0.15) is 44.9 Å². The maximum Gasteiger partial charge on any atom is 0.222 e. The van der Waals surface area contributed by atoms with Crippen LogP contribution >= 0.6 is 0 Å². The Bertz CT molecular complexity index is 357. The Morgan fingerprint density at radius 2 is 1.83 bits per heavy atom. The predicted molar refractivity (Wildman–Crippen MR) is 89.4 cm³/mol. The fraction of sp³-hybridized carbons (Fsp3) is 0.944. The van der Waals surface area contributed by atoms with Crippen molar-refractivity contribution in [3.8, 4) is 0 Å². The van der Waals surface area contributed by atoms with Gasteiger partial charge in [0.2, 0.25) is 5.91 Å². The number of carbonyl (C=O) groups excluding carboxylic acids is 1. The molecule has 1 aliphatic carbocycles. The van der Waals surface area contributed by atoms with Gasteiger partial charge in [0.1, 0.15) is 0 Å². The van der Waals surface area contributed by atoms with Crippen LogP contribution in [0.2, 0.25) is 0 Å². The summed E-state index contributed by atoms with van der Waals surface area (Å²) in [5.41, 5.74) is 0. The van der Waals surface area contributed by atoms with E-state index >= 15 is 0 Å². The molecule has 3 aliphatic rings. The fourth-order valence-electron chi connectivity index (χ4n) is 4.00. The van der Waals surface area contributed by atoms with Gasteiger partial charge in [-0.1, -0.05) is 12.8 Å². The summed E-state index contributed by atoms with van der Waals surface area (Å²) in [5.74, 6) is 1.04. The number of nitrogens with zero attached hydrogens (tertiary/aromatic N) is 2. The predicted octanol–water partition coefficient (Wildman–Crippen LogP) is 1.91. The van der Waals surface area contributed by atoms with E-state index in [1.807, 2.05) is 0 Å². The molecule has 1 amide bonds. The first kappa shape index (κ1) is 17.2. The monoisotopic (exact) mass is 324 g/mol. The second kappa shape index (κ2) is 9.00. The molecule has 0 N–H and O–H groups in total. The standard InChI is InChI=1S/C18H32N2O3/c21-18(14-16-4-1-2-5-16)20-9-7-19(8-10-20)11-13-22-15-17-6-3-12-23-17/h16-17H,1-15H2. The molecule has 0 radical (unpaired) electrons. The highest BCUT2D eigenvalue weighted by molar-refractivity contribution is 5.76. The van der Waals surface area contributed by atoms with E-state index in [4.69, 9.17) is 9.47 Å². The summed E-state index contributed by atoms with van der Waals surface area (Å²) >= 11 is 0. The summed E-state index contributed by atoms with van der Waals surface area (Å²) in [6.45, 7) is 7.12. The summed E-state index contributed by atoms with van der Waals surface area (Å²) in [6, 6.07) is 0. The van der Waals surface area contributed by atoms with E-state index in [0.29, 0.717) is 17.9 Å². The first-order valence-electron chi connectivity index (χ1n) is 9.51. The molecular weight excluding hydrogens is 292 g/mol. The zero-order valence-corrected chi connectivity index (χ0v) is 14.4. The molecule has 2 aliphatic heterocycles. The number of hydrogen-bond acceptors (Lipinski definition) is 4. The summed E-state index contributed by atoms with van der Waals surface area (Å²) in [5, 5.41) is 0. The molecule has 5 heteroatoms. The third-order valence-corrected chi connectivity index (χ3v) is 5.54. The lowest BCUT2D eigenvalue weighted by Gasteiger charge is -2.35. The van der Waals surface area contributed by atoms with Gasteiger partial charge in [0.25, 0.3) is 0 Å². The first-order chi connectivity index (χ1) is 11.3. The number of carbonyl (C=O) groups is 1. The van der Waals surface area contributed by atoms with Gasteiger partial charge in [-0.15, -0.1) is 0 Å². The zero-order chi connectivity index (χ0) is 15.9. The second-order valence-corrected chi connectivity index (χ2v) is 7.29. The van der Waals surface area contributed by atoms with E-state index in [-0.39, 0.29) is 0 Å². The molecule has 3 rings (SSSR count). The van der Waals surface area contributed by atoms with Crippen molar-refractivity contribution in [2.24, 2.45) is 5.92 Å². The molecule has 0 aromatic heterocycles. The molecule has 0 spiro atoms. The van der Waals surface area contributed by atoms with Gasteiger partial charge in [-0.05, 0) is 31.6 Å². The van der Waals surface area contributed by atoms with Gasteiger partial charge in [-0.2, -0.15) is 0 Å². The van der Waals surface area contributed by atoms with Gasteiger partial charge < -0.3 is 14.4 Å². The minimum absolute atomic E-state index is 0.319. The number of piperazine rings is 1. The zero-order valence-electron chi connectivity index (χ0n) is 14.4. The molecule has 3 fully saturated rings. The van der Waals surface area contributed by atoms with Crippen molar-refractivity contribution in [3.05, 3.63) is 0 Å². The van der Waals surface area contributed by atoms with Gasteiger partial charge in [0.15, 0.2) is 0 Å². The fourth-order valence-corrected chi connectivity index (χ4v) is 4.00. The van der Waals surface area contributed by atoms with Gasteiger partial charge in [0, 0.05) is 45.8 Å². The van der Waals surface area contributed by atoms with Crippen LogP contribution in [0.3, 0.4) is 0 Å². The summed E-state index contributed by atoms with van der Waals surface area (Å²) in [6.07, 6.45) is 8.56.